The zero-order valence-electron chi connectivity index (χ0n) is 12.4. The molecule has 7 nitrogen and oxygen atoms in total. The van der Waals surface area contributed by atoms with Gasteiger partial charge in [0.25, 0.3) is 0 Å². The molecule has 1 aromatic rings. The fourth-order valence-corrected chi connectivity index (χ4v) is 2.76. The topological polar surface area (TPSA) is 94.6 Å². The van der Waals surface area contributed by atoms with Crippen LogP contribution in [0.4, 0.5) is 0 Å². The lowest BCUT2D eigenvalue weighted by atomic mass is 10.1. The van der Waals surface area contributed by atoms with Crippen LogP contribution in [0.1, 0.15) is 12.1 Å². The Balaban J connectivity index is 1.89. The van der Waals surface area contributed by atoms with E-state index in [4.69, 9.17) is 9.47 Å². The van der Waals surface area contributed by atoms with E-state index < -0.39 is 21.5 Å². The molecular formula is C14H20N2O5S. The molecule has 0 aromatic carbocycles. The number of hydrogen-bond donors (Lipinski definition) is 1. The molecule has 0 spiro atoms. The molecule has 122 valence electrons. The monoisotopic (exact) mass is 328 g/mol. The van der Waals surface area contributed by atoms with Gasteiger partial charge in [-0.1, -0.05) is 6.07 Å². The van der Waals surface area contributed by atoms with Gasteiger partial charge in [0.1, 0.15) is 11.9 Å². The zero-order valence-corrected chi connectivity index (χ0v) is 13.2. The van der Waals surface area contributed by atoms with Crippen LogP contribution < -0.4 is 5.32 Å². The van der Waals surface area contributed by atoms with E-state index in [1.54, 1.807) is 6.20 Å². The third kappa shape index (κ3) is 5.70. The number of ether oxygens (including phenoxy) is 2. The van der Waals surface area contributed by atoms with Crippen LogP contribution in [0.3, 0.4) is 0 Å². The van der Waals surface area contributed by atoms with Gasteiger partial charge >= 0.3 is 0 Å². The van der Waals surface area contributed by atoms with Crippen molar-refractivity contribution in [2.45, 2.75) is 25.2 Å². The molecule has 1 saturated heterocycles. The van der Waals surface area contributed by atoms with Crippen LogP contribution in [-0.4, -0.2) is 56.7 Å². The van der Waals surface area contributed by atoms with E-state index in [-0.39, 0.29) is 12.1 Å². The standard InChI is InChI=1S/C14H20N2O5S/c1-22(18,19)10-14(17)16-12-5-7-20-9-13(12)21-8-11-4-2-3-6-15-11/h2-4,6,12-13H,5,7-10H2,1H3,(H,16,17)/t12-,13-/m1/s1. The highest BCUT2D eigenvalue weighted by atomic mass is 32.2. The fraction of sp³-hybridized carbons (Fsp3) is 0.571. The first-order valence-corrected chi connectivity index (χ1v) is 9.06. The minimum Gasteiger partial charge on any atom is -0.379 e. The van der Waals surface area contributed by atoms with Crippen LogP contribution in [0.5, 0.6) is 0 Å². The second-order valence-electron chi connectivity index (χ2n) is 5.28. The van der Waals surface area contributed by atoms with Crippen molar-refractivity contribution in [3.63, 3.8) is 0 Å². The van der Waals surface area contributed by atoms with Crippen LogP contribution in [0, 0.1) is 0 Å². The molecule has 2 atom stereocenters. The van der Waals surface area contributed by atoms with Gasteiger partial charge in [-0.05, 0) is 18.6 Å². The van der Waals surface area contributed by atoms with E-state index in [2.05, 4.69) is 10.3 Å². The summed E-state index contributed by atoms with van der Waals surface area (Å²) in [5, 5.41) is 2.72. The highest BCUT2D eigenvalue weighted by Gasteiger charge is 2.28. The van der Waals surface area contributed by atoms with Gasteiger partial charge in [0.2, 0.25) is 5.91 Å². The summed E-state index contributed by atoms with van der Waals surface area (Å²) < 4.78 is 33.4. The number of rotatable bonds is 6. The molecule has 1 aromatic heterocycles. The molecule has 1 N–H and O–H groups in total. The van der Waals surface area contributed by atoms with Gasteiger partial charge in [-0.15, -0.1) is 0 Å². The highest BCUT2D eigenvalue weighted by molar-refractivity contribution is 7.91. The van der Waals surface area contributed by atoms with E-state index in [9.17, 15) is 13.2 Å². The van der Waals surface area contributed by atoms with Crippen molar-refractivity contribution in [3.05, 3.63) is 30.1 Å². The number of amides is 1. The van der Waals surface area contributed by atoms with Crippen LogP contribution in [-0.2, 0) is 30.7 Å². The number of pyridine rings is 1. The molecule has 22 heavy (non-hydrogen) atoms. The Bertz CT molecular complexity index is 591. The molecular weight excluding hydrogens is 308 g/mol. The first-order valence-electron chi connectivity index (χ1n) is 7.00. The number of carbonyl (C=O) groups excluding carboxylic acids is 1. The van der Waals surface area contributed by atoms with Gasteiger partial charge in [-0.3, -0.25) is 9.78 Å². The highest BCUT2D eigenvalue weighted by Crippen LogP contribution is 2.13. The predicted molar refractivity (Wildman–Crippen MR) is 79.9 cm³/mol. The summed E-state index contributed by atoms with van der Waals surface area (Å²) in [6, 6.07) is 5.28. The van der Waals surface area contributed by atoms with E-state index >= 15 is 0 Å². The fourth-order valence-electron chi connectivity index (χ4n) is 2.20. The van der Waals surface area contributed by atoms with Gasteiger partial charge in [-0.25, -0.2) is 8.42 Å². The van der Waals surface area contributed by atoms with Crippen LogP contribution in [0.15, 0.2) is 24.4 Å². The van der Waals surface area contributed by atoms with E-state index in [1.807, 2.05) is 18.2 Å². The summed E-state index contributed by atoms with van der Waals surface area (Å²) in [4.78, 5) is 15.9. The maximum Gasteiger partial charge on any atom is 0.235 e. The quantitative estimate of drug-likeness (QED) is 0.785. The molecule has 2 rings (SSSR count). The smallest absolute Gasteiger partial charge is 0.235 e. The molecule has 1 aliphatic rings. The van der Waals surface area contributed by atoms with Gasteiger partial charge in [-0.2, -0.15) is 0 Å². The Morgan fingerprint density at radius 3 is 3.00 bits per heavy atom. The van der Waals surface area contributed by atoms with Gasteiger partial charge in [0.15, 0.2) is 9.84 Å². The Morgan fingerprint density at radius 2 is 2.32 bits per heavy atom. The zero-order chi connectivity index (χ0) is 16.0. The lowest BCUT2D eigenvalue weighted by Crippen LogP contribution is -2.51. The van der Waals surface area contributed by atoms with Crippen molar-refractivity contribution in [2.75, 3.05) is 25.2 Å². The summed E-state index contributed by atoms with van der Waals surface area (Å²) in [5.74, 6) is -1.03. The van der Waals surface area contributed by atoms with E-state index in [1.165, 1.54) is 0 Å². The van der Waals surface area contributed by atoms with Crippen LogP contribution in [0.25, 0.3) is 0 Å². The average molecular weight is 328 g/mol. The number of nitrogens with one attached hydrogen (secondary N) is 1. The maximum atomic E-state index is 11.7. The maximum absolute atomic E-state index is 11.7. The molecule has 1 aliphatic heterocycles. The van der Waals surface area contributed by atoms with Crippen molar-refractivity contribution in [3.8, 4) is 0 Å². The Morgan fingerprint density at radius 1 is 1.50 bits per heavy atom. The number of carbonyl (C=O) groups is 1. The van der Waals surface area contributed by atoms with Crippen LogP contribution >= 0.6 is 0 Å². The van der Waals surface area contributed by atoms with Crippen molar-refractivity contribution >= 4 is 15.7 Å². The summed E-state index contributed by atoms with van der Waals surface area (Å²) in [5.41, 5.74) is 0.786. The Hall–Kier alpha value is -1.51. The first-order chi connectivity index (χ1) is 10.4. The van der Waals surface area contributed by atoms with Crippen molar-refractivity contribution in [2.24, 2.45) is 0 Å². The average Bonchev–Trinajstić information content (AvgIpc) is 2.45. The number of hydrogen-bond acceptors (Lipinski definition) is 6. The molecule has 1 amide bonds. The molecule has 0 bridgehead atoms. The van der Waals surface area contributed by atoms with Gasteiger partial charge < -0.3 is 14.8 Å². The molecule has 0 saturated carbocycles. The number of sulfone groups is 1. The van der Waals surface area contributed by atoms with E-state index in [0.29, 0.717) is 26.2 Å². The summed E-state index contributed by atoms with van der Waals surface area (Å²) >= 11 is 0. The van der Waals surface area contributed by atoms with Gasteiger partial charge in [0, 0.05) is 19.1 Å². The summed E-state index contributed by atoms with van der Waals surface area (Å²) in [6.07, 6.45) is 2.98. The number of nitrogens with zero attached hydrogens (tertiary/aromatic N) is 1. The predicted octanol–water partition coefficient (Wildman–Crippen LogP) is -0.0835. The Labute approximate surface area is 129 Å². The van der Waals surface area contributed by atoms with Crippen molar-refractivity contribution in [1.82, 2.24) is 10.3 Å². The SMILES string of the molecule is CS(=O)(=O)CC(=O)N[C@@H]1CCOC[C@H]1OCc1ccccn1. The summed E-state index contributed by atoms with van der Waals surface area (Å²) in [6.45, 7) is 1.18. The minimum atomic E-state index is -3.34. The molecule has 0 aliphatic carbocycles. The molecule has 1 fully saturated rings. The lowest BCUT2D eigenvalue weighted by Gasteiger charge is -2.32. The minimum absolute atomic E-state index is 0.258. The molecule has 0 unspecified atom stereocenters. The molecule has 2 heterocycles. The van der Waals surface area contributed by atoms with Crippen LogP contribution in [0.2, 0.25) is 0 Å². The Kier molecular flexibility index (Phi) is 5.87. The second kappa shape index (κ2) is 7.66. The van der Waals surface area contributed by atoms with Crippen molar-refractivity contribution in [1.29, 1.82) is 0 Å². The van der Waals surface area contributed by atoms with Crippen molar-refractivity contribution < 1.29 is 22.7 Å². The third-order valence-electron chi connectivity index (χ3n) is 3.22. The largest absolute Gasteiger partial charge is 0.379 e. The van der Waals surface area contributed by atoms with Gasteiger partial charge in [0.05, 0.1) is 24.9 Å². The number of aromatic nitrogens is 1. The third-order valence-corrected chi connectivity index (χ3v) is 4.00. The molecule has 0 radical (unpaired) electrons. The normalized spacial score (nSPS) is 22.2. The first kappa shape index (κ1) is 16.9. The van der Waals surface area contributed by atoms with E-state index in [0.717, 1.165) is 11.9 Å². The second-order valence-corrected chi connectivity index (χ2v) is 7.42. The molecule has 8 heteroatoms. The summed E-state index contributed by atoms with van der Waals surface area (Å²) in [7, 11) is -3.34. The lowest BCUT2D eigenvalue weighted by molar-refractivity contribution is -0.124.